The lowest BCUT2D eigenvalue weighted by Crippen LogP contribution is -2.04. The Balaban J connectivity index is 3.43. The molecule has 0 atom stereocenters. The van der Waals surface area contributed by atoms with Gasteiger partial charge in [-0.3, -0.25) is 0 Å². The zero-order valence-corrected chi connectivity index (χ0v) is 7.72. The average Bonchev–Trinajstić information content (AvgIpc) is 2.19. The van der Waals surface area contributed by atoms with Gasteiger partial charge < -0.3 is 9.92 Å². The first-order chi connectivity index (χ1) is 6.50. The molecule has 1 aromatic rings. The molecule has 0 bridgehead atoms. The standard InChI is InChI=1S/C7H5F4NOS/c1-13-14-7-4(10)2(8)6(12)3(9)5(7)11/h12H2,1H3. The Morgan fingerprint density at radius 1 is 1.00 bits per heavy atom. The average molecular weight is 227 g/mol. The van der Waals surface area contributed by atoms with E-state index in [-0.39, 0.29) is 12.0 Å². The Hall–Kier alpha value is -0.950. The lowest BCUT2D eigenvalue weighted by atomic mass is 10.2. The third-order valence-electron chi connectivity index (χ3n) is 1.42. The normalized spacial score (nSPS) is 10.6. The summed E-state index contributed by atoms with van der Waals surface area (Å²) in [5.74, 6) is -6.37. The van der Waals surface area contributed by atoms with Crippen LogP contribution in [0.5, 0.6) is 0 Å². The van der Waals surface area contributed by atoms with Crippen molar-refractivity contribution in [3.8, 4) is 0 Å². The van der Waals surface area contributed by atoms with Gasteiger partial charge in [0.15, 0.2) is 23.3 Å². The Kier molecular flexibility index (Phi) is 3.22. The van der Waals surface area contributed by atoms with Crippen LogP contribution < -0.4 is 5.73 Å². The number of hydrogen-bond donors (Lipinski definition) is 1. The Bertz CT molecular complexity index is 342. The second-order valence-electron chi connectivity index (χ2n) is 2.25. The Morgan fingerprint density at radius 3 is 1.79 bits per heavy atom. The molecule has 0 amide bonds. The highest BCUT2D eigenvalue weighted by Crippen LogP contribution is 2.32. The van der Waals surface area contributed by atoms with Crippen molar-refractivity contribution in [2.75, 3.05) is 12.8 Å². The van der Waals surface area contributed by atoms with Crippen molar-refractivity contribution in [3.63, 3.8) is 0 Å². The van der Waals surface area contributed by atoms with Crippen molar-refractivity contribution >= 4 is 17.7 Å². The maximum Gasteiger partial charge on any atom is 0.186 e. The van der Waals surface area contributed by atoms with Gasteiger partial charge in [0, 0.05) is 12.0 Å². The van der Waals surface area contributed by atoms with E-state index in [1.165, 1.54) is 0 Å². The maximum atomic E-state index is 12.9. The molecule has 78 valence electrons. The van der Waals surface area contributed by atoms with Crippen LogP contribution in [0.25, 0.3) is 0 Å². The van der Waals surface area contributed by atoms with E-state index in [1.54, 1.807) is 0 Å². The van der Waals surface area contributed by atoms with Crippen molar-refractivity contribution in [1.29, 1.82) is 0 Å². The fourth-order valence-corrected chi connectivity index (χ4v) is 1.28. The monoisotopic (exact) mass is 227 g/mol. The molecule has 0 fully saturated rings. The molecular formula is C7H5F4NOS. The van der Waals surface area contributed by atoms with Crippen LogP contribution in [0, 0.1) is 23.3 Å². The SMILES string of the molecule is COSc1c(F)c(F)c(N)c(F)c1F. The summed E-state index contributed by atoms with van der Waals surface area (Å²) in [7, 11) is 1.11. The summed E-state index contributed by atoms with van der Waals surface area (Å²) in [5.41, 5.74) is 3.59. The highest BCUT2D eigenvalue weighted by Gasteiger charge is 2.24. The molecule has 2 N–H and O–H groups in total. The lowest BCUT2D eigenvalue weighted by molar-refractivity contribution is 0.421. The predicted octanol–water partition coefficient (Wildman–Crippen LogP) is 2.48. The predicted molar refractivity (Wildman–Crippen MR) is 43.6 cm³/mol. The summed E-state index contributed by atoms with van der Waals surface area (Å²) < 4.78 is 55.7. The Morgan fingerprint density at radius 2 is 1.43 bits per heavy atom. The molecule has 0 saturated heterocycles. The van der Waals surface area contributed by atoms with Crippen LogP contribution in [0.15, 0.2) is 4.90 Å². The van der Waals surface area contributed by atoms with Crippen LogP contribution in [0.3, 0.4) is 0 Å². The van der Waals surface area contributed by atoms with Gasteiger partial charge in [-0.2, -0.15) is 0 Å². The molecule has 1 rings (SSSR count). The molecule has 0 spiro atoms. The summed E-state index contributed by atoms with van der Waals surface area (Å²) in [6.07, 6.45) is 0. The molecule has 0 aliphatic rings. The fraction of sp³-hybridized carbons (Fsp3) is 0.143. The summed E-state index contributed by atoms with van der Waals surface area (Å²) >= 11 is 0.180. The first-order valence-electron chi connectivity index (χ1n) is 3.32. The summed E-state index contributed by atoms with van der Waals surface area (Å²) in [5, 5.41) is 0. The molecule has 0 radical (unpaired) electrons. The number of halogens is 4. The molecule has 7 heteroatoms. The second-order valence-corrected chi connectivity index (χ2v) is 3.16. The number of anilines is 1. The molecule has 0 unspecified atom stereocenters. The van der Waals surface area contributed by atoms with Gasteiger partial charge in [0.25, 0.3) is 0 Å². The zero-order valence-electron chi connectivity index (χ0n) is 6.91. The minimum Gasteiger partial charge on any atom is -0.394 e. The van der Waals surface area contributed by atoms with Gasteiger partial charge in [-0.15, -0.1) is 0 Å². The van der Waals surface area contributed by atoms with Gasteiger partial charge in [0.1, 0.15) is 10.6 Å². The van der Waals surface area contributed by atoms with E-state index in [0.717, 1.165) is 7.11 Å². The number of hydrogen-bond acceptors (Lipinski definition) is 3. The van der Waals surface area contributed by atoms with Crippen LogP contribution in [0.2, 0.25) is 0 Å². The van der Waals surface area contributed by atoms with Gasteiger partial charge in [0.2, 0.25) is 0 Å². The minimum atomic E-state index is -1.62. The van der Waals surface area contributed by atoms with E-state index < -0.39 is 33.9 Å². The highest BCUT2D eigenvalue weighted by molar-refractivity contribution is 7.94. The molecule has 0 aromatic heterocycles. The Labute approximate surface area is 81.2 Å². The number of benzene rings is 1. The van der Waals surface area contributed by atoms with E-state index >= 15 is 0 Å². The van der Waals surface area contributed by atoms with Crippen molar-refractivity contribution in [1.82, 2.24) is 0 Å². The van der Waals surface area contributed by atoms with Gasteiger partial charge in [0.05, 0.1) is 7.11 Å². The van der Waals surface area contributed by atoms with Gasteiger partial charge >= 0.3 is 0 Å². The first kappa shape index (κ1) is 11.1. The maximum absolute atomic E-state index is 12.9. The van der Waals surface area contributed by atoms with E-state index in [0.29, 0.717) is 0 Å². The van der Waals surface area contributed by atoms with E-state index in [2.05, 4.69) is 4.18 Å². The van der Waals surface area contributed by atoms with Crippen LogP contribution in [-0.4, -0.2) is 7.11 Å². The minimum absolute atomic E-state index is 0.180. The molecule has 0 aliphatic carbocycles. The summed E-state index contributed by atoms with van der Waals surface area (Å²) in [4.78, 5) is -0.892. The van der Waals surface area contributed by atoms with Gasteiger partial charge in [-0.25, -0.2) is 17.6 Å². The third-order valence-corrected chi connectivity index (χ3v) is 2.12. The third kappa shape index (κ3) is 1.64. The van der Waals surface area contributed by atoms with Crippen LogP contribution in [0.4, 0.5) is 23.2 Å². The molecule has 14 heavy (non-hydrogen) atoms. The summed E-state index contributed by atoms with van der Waals surface area (Å²) in [6, 6.07) is 0. The molecule has 2 nitrogen and oxygen atoms in total. The number of nitrogen functional groups attached to an aromatic ring is 1. The van der Waals surface area contributed by atoms with Crippen LogP contribution >= 0.6 is 12.0 Å². The second kappa shape index (κ2) is 4.05. The fourth-order valence-electron chi connectivity index (χ4n) is 0.785. The molecular weight excluding hydrogens is 222 g/mol. The van der Waals surface area contributed by atoms with E-state index in [9.17, 15) is 17.6 Å². The number of rotatable bonds is 2. The summed E-state index contributed by atoms with van der Waals surface area (Å²) in [6.45, 7) is 0. The van der Waals surface area contributed by atoms with Gasteiger partial charge in [-0.05, 0) is 0 Å². The van der Waals surface area contributed by atoms with E-state index in [4.69, 9.17) is 5.73 Å². The van der Waals surface area contributed by atoms with Crippen molar-refractivity contribution in [2.45, 2.75) is 4.90 Å². The molecule has 0 saturated carbocycles. The quantitative estimate of drug-likeness (QED) is 0.365. The van der Waals surface area contributed by atoms with Crippen molar-refractivity contribution in [2.24, 2.45) is 0 Å². The smallest absolute Gasteiger partial charge is 0.186 e. The largest absolute Gasteiger partial charge is 0.394 e. The van der Waals surface area contributed by atoms with Crippen molar-refractivity contribution in [3.05, 3.63) is 23.3 Å². The molecule has 0 aliphatic heterocycles. The van der Waals surface area contributed by atoms with Crippen LogP contribution in [0.1, 0.15) is 0 Å². The topological polar surface area (TPSA) is 35.2 Å². The molecule has 1 aromatic carbocycles. The van der Waals surface area contributed by atoms with E-state index in [1.807, 2.05) is 0 Å². The van der Waals surface area contributed by atoms with Crippen molar-refractivity contribution < 1.29 is 21.7 Å². The first-order valence-corrected chi connectivity index (χ1v) is 4.07. The highest BCUT2D eigenvalue weighted by atomic mass is 32.2. The zero-order chi connectivity index (χ0) is 10.9. The van der Waals surface area contributed by atoms with Crippen LogP contribution in [-0.2, 0) is 4.18 Å². The molecule has 0 heterocycles. The lowest BCUT2D eigenvalue weighted by Gasteiger charge is -2.06. The number of nitrogens with two attached hydrogens (primary N) is 1. The van der Waals surface area contributed by atoms with Gasteiger partial charge in [-0.1, -0.05) is 0 Å².